The Bertz CT molecular complexity index is 2010. The molecule has 15 heteroatoms. The van der Waals surface area contributed by atoms with Crippen LogP contribution < -0.4 is 10.1 Å². The van der Waals surface area contributed by atoms with Crippen molar-refractivity contribution in [1.82, 2.24) is 0 Å². The number of carbonyl (C=O) groups excluding carboxylic acids is 3. The number of fused-ring (bicyclic) bond motifs is 14. The summed E-state index contributed by atoms with van der Waals surface area (Å²) in [5, 5.41) is 64.1. The monoisotopic (exact) mass is 824 g/mol. The van der Waals surface area contributed by atoms with Crippen molar-refractivity contribution in [2.24, 2.45) is 28.8 Å². The normalized spacial score (nSPS) is 30.1. The van der Waals surface area contributed by atoms with Crippen LogP contribution in [0.1, 0.15) is 103 Å². The summed E-state index contributed by atoms with van der Waals surface area (Å²) in [5.41, 5.74) is -0.556. The fraction of sp³-hybridized carbons (Fsp3) is 0.545. The number of phenols is 3. The van der Waals surface area contributed by atoms with Crippen LogP contribution in [0, 0.1) is 30.6 Å². The number of anilines is 1. The maximum absolute atomic E-state index is 14.4. The van der Waals surface area contributed by atoms with Gasteiger partial charge in [-0.2, -0.15) is 0 Å². The van der Waals surface area contributed by atoms with Gasteiger partial charge < -0.3 is 54.6 Å². The fourth-order valence-corrected chi connectivity index (χ4v) is 7.61. The second kappa shape index (κ2) is 19.8. The standard InChI is InChI=1S/C44H60N2O13/c1-11-12-13-14-19-57-45-21-29-34-39(52)32-31(38(29)51)33-41(27(7)37(32)50)59-44(9,42(33)53)56-20-18-30(55-10)24(4)40(58-28(8)47)26(6)36(49)25(5)35(48)22(2)16-15-17-23(3)43(54)46-34/h15-18,20-22,24-26,30,35-36,40,48-52H,11-14,19H2,1-10H3,(H,46,54)/b16-15-,20-18-,23-17-,45-21+. The number of methoxy groups -OCH3 is 1. The van der Waals surface area contributed by atoms with E-state index < -0.39 is 88.8 Å². The summed E-state index contributed by atoms with van der Waals surface area (Å²) in [7, 11) is 1.43. The van der Waals surface area contributed by atoms with E-state index in [0.29, 0.717) is 6.42 Å². The van der Waals surface area contributed by atoms with Gasteiger partial charge >= 0.3 is 11.8 Å². The van der Waals surface area contributed by atoms with Gasteiger partial charge in [0.05, 0.1) is 53.0 Å². The fourth-order valence-electron chi connectivity index (χ4n) is 7.61. The van der Waals surface area contributed by atoms with Crippen LogP contribution in [0.2, 0.25) is 0 Å². The Morgan fingerprint density at radius 3 is 2.29 bits per heavy atom. The van der Waals surface area contributed by atoms with Gasteiger partial charge in [-0.15, -0.1) is 0 Å². The molecule has 3 aliphatic heterocycles. The highest BCUT2D eigenvalue weighted by molar-refractivity contribution is 6.23. The largest absolute Gasteiger partial charge is 0.507 e. The number of nitrogens with one attached hydrogen (secondary N) is 1. The lowest BCUT2D eigenvalue weighted by Crippen LogP contribution is -2.46. The number of benzene rings is 2. The average molecular weight is 825 g/mol. The summed E-state index contributed by atoms with van der Waals surface area (Å²) < 4.78 is 23.5. The van der Waals surface area contributed by atoms with Crippen LogP contribution in [-0.2, 0) is 28.6 Å². The molecule has 0 fully saturated rings. The second-order valence-corrected chi connectivity index (χ2v) is 15.7. The van der Waals surface area contributed by atoms with Gasteiger partial charge in [-0.3, -0.25) is 14.4 Å². The number of allylic oxidation sites excluding steroid dienone is 2. The maximum atomic E-state index is 14.4. The predicted octanol–water partition coefficient (Wildman–Crippen LogP) is 6.68. The first-order valence-corrected chi connectivity index (χ1v) is 20.1. The molecule has 2 aromatic carbocycles. The number of rotatable bonds is 9. The molecule has 3 heterocycles. The highest BCUT2D eigenvalue weighted by atomic mass is 16.7. The van der Waals surface area contributed by atoms with Crippen LogP contribution in [0.3, 0.4) is 0 Å². The third-order valence-electron chi connectivity index (χ3n) is 11.4. The topological polar surface area (TPSA) is 223 Å². The first-order chi connectivity index (χ1) is 27.8. The smallest absolute Gasteiger partial charge is 0.312 e. The van der Waals surface area contributed by atoms with Crippen molar-refractivity contribution in [2.45, 2.75) is 118 Å². The molecule has 9 unspecified atom stereocenters. The van der Waals surface area contributed by atoms with Crippen molar-refractivity contribution >= 4 is 40.3 Å². The molecule has 0 radical (unpaired) electrons. The molecule has 5 bridgehead atoms. The van der Waals surface area contributed by atoms with Crippen molar-refractivity contribution < 1.29 is 63.7 Å². The minimum atomic E-state index is -2.05. The number of aromatic hydroxyl groups is 3. The Hall–Kier alpha value is -5.12. The van der Waals surface area contributed by atoms with E-state index in [4.69, 9.17) is 23.8 Å². The van der Waals surface area contributed by atoms with Crippen molar-refractivity contribution in [2.75, 3.05) is 19.0 Å². The van der Waals surface area contributed by atoms with Crippen LogP contribution >= 0.6 is 0 Å². The van der Waals surface area contributed by atoms with Crippen molar-refractivity contribution in [3.8, 4) is 23.0 Å². The molecule has 0 aromatic heterocycles. The number of esters is 1. The summed E-state index contributed by atoms with van der Waals surface area (Å²) in [6, 6.07) is 0. The average Bonchev–Trinajstić information content (AvgIpc) is 3.46. The van der Waals surface area contributed by atoms with Gasteiger partial charge in [-0.05, 0) is 32.8 Å². The molecule has 6 N–H and O–H groups in total. The zero-order chi connectivity index (χ0) is 43.9. The lowest BCUT2D eigenvalue weighted by molar-refractivity contribution is -0.160. The molecule has 0 saturated heterocycles. The lowest BCUT2D eigenvalue weighted by atomic mass is 9.78. The summed E-state index contributed by atoms with van der Waals surface area (Å²) in [4.78, 5) is 45.8. The van der Waals surface area contributed by atoms with Gasteiger partial charge in [-0.25, -0.2) is 0 Å². The molecular formula is C44H60N2O13. The minimum absolute atomic E-state index is 0.0402. The number of Topliss-reactive ketones (excluding diaryl/α,β-unsaturated/α-hetero) is 1. The number of aliphatic hydroxyl groups is 2. The van der Waals surface area contributed by atoms with Crippen LogP contribution in [0.15, 0.2) is 41.3 Å². The van der Waals surface area contributed by atoms with E-state index in [1.165, 1.54) is 53.2 Å². The Balaban J connectivity index is 1.93. The second-order valence-electron chi connectivity index (χ2n) is 15.7. The number of amides is 1. The maximum Gasteiger partial charge on any atom is 0.312 e. The van der Waals surface area contributed by atoms with Crippen LogP contribution in [0.5, 0.6) is 23.0 Å². The zero-order valence-electron chi connectivity index (χ0n) is 35.6. The Kier molecular flexibility index (Phi) is 15.6. The first-order valence-electron chi connectivity index (χ1n) is 20.1. The number of hydrogen-bond acceptors (Lipinski definition) is 14. The summed E-state index contributed by atoms with van der Waals surface area (Å²) in [5.74, 6) is -8.56. The van der Waals surface area contributed by atoms with Gasteiger partial charge in [0.25, 0.3) is 11.7 Å². The molecule has 0 spiro atoms. The minimum Gasteiger partial charge on any atom is -0.507 e. The van der Waals surface area contributed by atoms with E-state index in [2.05, 4.69) is 17.4 Å². The molecule has 2 aromatic rings. The molecule has 3 aliphatic rings. The number of oxime groups is 1. The predicted molar refractivity (Wildman–Crippen MR) is 222 cm³/mol. The molecule has 0 saturated carbocycles. The number of unbranched alkanes of at least 4 members (excludes halogenated alkanes) is 3. The Morgan fingerprint density at radius 1 is 0.949 bits per heavy atom. The van der Waals surface area contributed by atoms with E-state index >= 15 is 0 Å². The quantitative estimate of drug-likeness (QED) is 0.0388. The van der Waals surface area contributed by atoms with Crippen molar-refractivity contribution in [3.05, 3.63) is 52.8 Å². The van der Waals surface area contributed by atoms with Gasteiger partial charge in [0, 0.05) is 61.2 Å². The molecule has 0 aliphatic carbocycles. The molecule has 1 amide bonds. The summed E-state index contributed by atoms with van der Waals surface area (Å²) in [6.07, 6.45) is 8.25. The van der Waals surface area contributed by atoms with E-state index in [9.17, 15) is 39.9 Å². The molecule has 5 rings (SSSR count). The highest BCUT2D eigenvalue weighted by Crippen LogP contribution is 2.55. The summed E-state index contributed by atoms with van der Waals surface area (Å²) >= 11 is 0. The highest BCUT2D eigenvalue weighted by Gasteiger charge is 2.50. The number of aliphatic hydroxyl groups excluding tert-OH is 2. The van der Waals surface area contributed by atoms with Crippen molar-refractivity contribution in [3.63, 3.8) is 0 Å². The van der Waals surface area contributed by atoms with Crippen LogP contribution in [0.4, 0.5) is 5.69 Å². The van der Waals surface area contributed by atoms with Crippen LogP contribution in [-0.4, -0.2) is 93.3 Å². The van der Waals surface area contributed by atoms with E-state index in [1.54, 1.807) is 39.8 Å². The van der Waals surface area contributed by atoms with Crippen molar-refractivity contribution in [1.29, 1.82) is 0 Å². The van der Waals surface area contributed by atoms with E-state index in [-0.39, 0.29) is 51.1 Å². The Labute approximate surface area is 345 Å². The number of phenolic OH excluding ortho intramolecular Hbond substituents is 3. The number of ketones is 1. The number of carbonyl (C=O) groups is 3. The lowest BCUT2D eigenvalue weighted by Gasteiger charge is -2.38. The van der Waals surface area contributed by atoms with Gasteiger partial charge in [-0.1, -0.05) is 70.8 Å². The van der Waals surface area contributed by atoms with Gasteiger partial charge in [0.1, 0.15) is 30.0 Å². The molecule has 9 atom stereocenters. The van der Waals surface area contributed by atoms with Crippen LogP contribution in [0.25, 0.3) is 10.8 Å². The molecule has 15 nitrogen and oxygen atoms in total. The molecule has 59 heavy (non-hydrogen) atoms. The van der Waals surface area contributed by atoms with E-state index in [1.807, 2.05) is 0 Å². The number of hydrogen-bond donors (Lipinski definition) is 6. The summed E-state index contributed by atoms with van der Waals surface area (Å²) in [6.45, 7) is 14.8. The first kappa shape index (κ1) is 46.6. The zero-order valence-corrected chi connectivity index (χ0v) is 35.6. The molecular weight excluding hydrogens is 764 g/mol. The Morgan fingerprint density at radius 2 is 1.64 bits per heavy atom. The third kappa shape index (κ3) is 9.85. The molecule has 324 valence electrons. The number of nitrogens with zero attached hydrogens (tertiary/aromatic N) is 1. The van der Waals surface area contributed by atoms with Gasteiger partial charge in [0.15, 0.2) is 5.75 Å². The SMILES string of the molecule is CCCCCCO/N=C/c1c2c(O)c3c(O)c(C)c4c(c3c1O)C(=O)C(C)(O/C=C\C(OC)C(C)C(OC(C)=O)C(C)C(O)C(C)C(O)C(C)/C=C\C=C(\C)C(=O)N2)O4. The van der Waals surface area contributed by atoms with E-state index in [0.717, 1.165) is 25.5 Å². The van der Waals surface area contributed by atoms with Gasteiger partial charge in [0.2, 0.25) is 0 Å². The number of ether oxygens (including phenoxy) is 4. The third-order valence-corrected chi connectivity index (χ3v) is 11.4.